The van der Waals surface area contributed by atoms with Crippen LogP contribution in [0.1, 0.15) is 20.3 Å². The minimum absolute atomic E-state index is 0.836. The first-order valence-corrected chi connectivity index (χ1v) is 8.24. The summed E-state index contributed by atoms with van der Waals surface area (Å²) in [6.07, 6.45) is 1.50. The second kappa shape index (κ2) is 3.99. The first-order chi connectivity index (χ1) is 6.28. The molecule has 1 aliphatic heterocycles. The van der Waals surface area contributed by atoms with Crippen molar-refractivity contribution in [1.82, 2.24) is 0 Å². The van der Waals surface area contributed by atoms with E-state index in [0.717, 1.165) is 16.8 Å². The number of rotatable bonds is 1. The Balaban J connectivity index is 0.000000265. The van der Waals surface area contributed by atoms with Crippen molar-refractivity contribution in [2.45, 2.75) is 20.3 Å². The topological polar surface area (TPSA) is 0 Å². The Morgan fingerprint density at radius 1 is 1.13 bits per heavy atom. The standard InChI is InChI=1S/C7H15S.F6P/c1-3-8-5-4-7(2)6-8;1-7(2,3,4,5)6/h7H,3-6H2,1-2H3;/q+1;-1/t7-,8?;/m1./s1. The van der Waals surface area contributed by atoms with Crippen LogP contribution in [0.15, 0.2) is 0 Å². The van der Waals surface area contributed by atoms with Crippen molar-refractivity contribution in [2.24, 2.45) is 5.92 Å². The van der Waals surface area contributed by atoms with Gasteiger partial charge in [0.2, 0.25) is 0 Å². The molecule has 0 spiro atoms. The van der Waals surface area contributed by atoms with Gasteiger partial charge in [0, 0.05) is 5.92 Å². The van der Waals surface area contributed by atoms with Crippen molar-refractivity contribution in [1.29, 1.82) is 0 Å². The zero-order chi connectivity index (χ0) is 12.4. The van der Waals surface area contributed by atoms with E-state index in [9.17, 15) is 25.2 Å². The van der Waals surface area contributed by atoms with Crippen LogP contribution in [0.5, 0.6) is 0 Å². The van der Waals surface area contributed by atoms with Crippen molar-refractivity contribution in [3.8, 4) is 0 Å². The molecule has 0 N–H and O–H groups in total. The monoisotopic (exact) mass is 276 g/mol. The molecule has 0 nitrogen and oxygen atoms in total. The van der Waals surface area contributed by atoms with Gasteiger partial charge in [0.1, 0.15) is 17.3 Å². The van der Waals surface area contributed by atoms with Crippen LogP contribution in [0.3, 0.4) is 0 Å². The van der Waals surface area contributed by atoms with Gasteiger partial charge in [0.25, 0.3) is 0 Å². The normalized spacial score (nSPS) is 31.2. The van der Waals surface area contributed by atoms with Crippen molar-refractivity contribution in [3.63, 3.8) is 0 Å². The zero-order valence-corrected chi connectivity index (χ0v) is 10.2. The summed E-state index contributed by atoms with van der Waals surface area (Å²) in [5.41, 5.74) is 0. The van der Waals surface area contributed by atoms with Crippen molar-refractivity contribution < 1.29 is 25.2 Å². The number of hydrogen-bond donors (Lipinski definition) is 0. The first kappa shape index (κ1) is 15.4. The molecule has 1 unspecified atom stereocenters. The average molecular weight is 276 g/mol. The zero-order valence-electron chi connectivity index (χ0n) is 8.53. The molecule has 0 aromatic heterocycles. The van der Waals surface area contributed by atoms with Crippen LogP contribution in [0.2, 0.25) is 0 Å². The second-order valence-electron chi connectivity index (χ2n) is 3.62. The Hall–Kier alpha value is 0.360. The Labute approximate surface area is 88.0 Å². The van der Waals surface area contributed by atoms with Crippen molar-refractivity contribution in [3.05, 3.63) is 0 Å². The van der Waals surface area contributed by atoms with Gasteiger partial charge in [-0.05, 0) is 24.2 Å². The molecular formula is C7H15F6PS. The van der Waals surface area contributed by atoms with Gasteiger partial charge in [-0.15, -0.1) is 0 Å². The molecule has 1 aliphatic rings. The first-order valence-electron chi connectivity index (χ1n) is 4.48. The number of hydrogen-bond acceptors (Lipinski definition) is 0. The summed E-state index contributed by atoms with van der Waals surface area (Å²) in [6, 6.07) is 0. The maximum atomic E-state index is 9.87. The van der Waals surface area contributed by atoms with E-state index in [1.165, 1.54) is 23.7 Å². The molecule has 0 saturated carbocycles. The fourth-order valence-electron chi connectivity index (χ4n) is 1.20. The summed E-state index contributed by atoms with van der Waals surface area (Å²) < 4.78 is 59.2. The van der Waals surface area contributed by atoms with Crippen LogP contribution < -0.4 is 0 Å². The van der Waals surface area contributed by atoms with Crippen LogP contribution in [-0.4, -0.2) is 17.3 Å². The summed E-state index contributed by atoms with van der Waals surface area (Å²) in [5.74, 6) is 5.52. The summed E-state index contributed by atoms with van der Waals surface area (Å²) in [7, 11) is -9.82. The van der Waals surface area contributed by atoms with Crippen LogP contribution >= 0.6 is 7.81 Å². The molecule has 1 rings (SSSR count). The quantitative estimate of drug-likeness (QED) is 0.357. The van der Waals surface area contributed by atoms with Crippen LogP contribution in [0.4, 0.5) is 25.2 Å². The molecule has 8 heteroatoms. The van der Waals surface area contributed by atoms with Gasteiger partial charge < -0.3 is 0 Å². The molecule has 0 amide bonds. The molecular weight excluding hydrogens is 261 g/mol. The Morgan fingerprint density at radius 3 is 1.67 bits per heavy atom. The van der Waals surface area contributed by atoms with Gasteiger partial charge in [0.05, 0.1) is 0 Å². The van der Waals surface area contributed by atoms with Gasteiger partial charge in [-0.25, -0.2) is 0 Å². The molecule has 0 radical (unpaired) electrons. The SMILES string of the molecule is CC[S+]1CC[C@@H](C)C1.F[P-](F)(F)(F)(F)F. The predicted octanol–water partition coefficient (Wildman–Crippen LogP) is 5.05. The van der Waals surface area contributed by atoms with Crippen molar-refractivity contribution >= 4 is 18.7 Å². The van der Waals surface area contributed by atoms with E-state index in [4.69, 9.17) is 0 Å². The molecule has 0 aromatic carbocycles. The minimum atomic E-state index is -10.7. The molecule has 1 heterocycles. The van der Waals surface area contributed by atoms with Crippen LogP contribution in [0, 0.1) is 5.92 Å². The summed E-state index contributed by atoms with van der Waals surface area (Å²) in [5, 5.41) is 0. The van der Waals surface area contributed by atoms with E-state index in [2.05, 4.69) is 13.8 Å². The van der Waals surface area contributed by atoms with E-state index in [1.54, 1.807) is 0 Å². The van der Waals surface area contributed by atoms with Gasteiger partial charge >= 0.3 is 33.0 Å². The van der Waals surface area contributed by atoms with Gasteiger partial charge in [-0.3, -0.25) is 0 Å². The van der Waals surface area contributed by atoms with E-state index >= 15 is 0 Å². The maximum absolute atomic E-state index is 10.7. The van der Waals surface area contributed by atoms with Gasteiger partial charge in [0.15, 0.2) is 0 Å². The van der Waals surface area contributed by atoms with Gasteiger partial charge in [-0.2, -0.15) is 0 Å². The van der Waals surface area contributed by atoms with E-state index in [-0.39, 0.29) is 0 Å². The van der Waals surface area contributed by atoms with E-state index < -0.39 is 7.81 Å². The molecule has 0 aliphatic carbocycles. The molecule has 0 aromatic rings. The van der Waals surface area contributed by atoms with Crippen LogP contribution in [-0.2, 0) is 10.9 Å². The van der Waals surface area contributed by atoms with Crippen LogP contribution in [0.25, 0.3) is 0 Å². The third-order valence-corrected chi connectivity index (χ3v) is 4.50. The molecule has 1 saturated heterocycles. The van der Waals surface area contributed by atoms with Crippen molar-refractivity contribution in [2.75, 3.05) is 17.3 Å². The van der Waals surface area contributed by atoms with Gasteiger partial charge in [-0.1, -0.05) is 6.92 Å². The fourth-order valence-corrected chi connectivity index (χ4v) is 3.60. The molecule has 15 heavy (non-hydrogen) atoms. The second-order valence-corrected chi connectivity index (χ2v) is 8.08. The Kier molecular flexibility index (Phi) is 4.08. The van der Waals surface area contributed by atoms with E-state index in [0.29, 0.717) is 0 Å². The average Bonchev–Trinajstić information content (AvgIpc) is 2.28. The third-order valence-electron chi connectivity index (χ3n) is 1.83. The predicted molar refractivity (Wildman–Crippen MR) is 55.0 cm³/mol. The summed E-state index contributed by atoms with van der Waals surface area (Å²) >= 11 is 0. The van der Waals surface area contributed by atoms with E-state index in [1.807, 2.05) is 0 Å². The number of halogens is 6. The molecule has 2 atom stereocenters. The summed E-state index contributed by atoms with van der Waals surface area (Å²) in [4.78, 5) is 0. The molecule has 1 fully saturated rings. The fraction of sp³-hybridized carbons (Fsp3) is 1.00. The third kappa shape index (κ3) is 17.0. The molecule has 0 bridgehead atoms. The molecule has 96 valence electrons. The Bertz CT molecular complexity index is 197. The summed E-state index contributed by atoms with van der Waals surface area (Å²) in [6.45, 7) is 4.70. The Morgan fingerprint density at radius 2 is 1.53 bits per heavy atom.